The van der Waals surface area contributed by atoms with Crippen LogP contribution in [0.3, 0.4) is 0 Å². The molecule has 1 amide bonds. The Morgan fingerprint density at radius 3 is 2.27 bits per heavy atom. The molecule has 33 heavy (non-hydrogen) atoms. The molecule has 1 fully saturated rings. The molecule has 0 unspecified atom stereocenters. The first-order valence-electron chi connectivity index (χ1n) is 10.0. The highest BCUT2D eigenvalue weighted by Crippen LogP contribution is 2.42. The number of benzene rings is 3. The number of phenols is 1. The Morgan fingerprint density at radius 1 is 0.848 bits per heavy atom. The van der Waals surface area contributed by atoms with Crippen molar-refractivity contribution in [2.75, 3.05) is 18.5 Å². The van der Waals surface area contributed by atoms with Gasteiger partial charge in [-0.2, -0.15) is 0 Å². The van der Waals surface area contributed by atoms with Gasteiger partial charge in [0.1, 0.15) is 5.75 Å². The molecule has 8 nitrogen and oxygen atoms in total. The van der Waals surface area contributed by atoms with E-state index in [-0.39, 0.29) is 25.2 Å². The lowest BCUT2D eigenvalue weighted by Crippen LogP contribution is -2.28. The zero-order valence-corrected chi connectivity index (χ0v) is 17.9. The predicted octanol–water partition coefficient (Wildman–Crippen LogP) is 4.66. The SMILES string of the molecule is O=C1/C(=C/c2ccc(O)cc2)SC(=Nc2ccc3c(c2)OCO3)N1c1ccc2c(c1)OCO2. The van der Waals surface area contributed by atoms with Crippen molar-refractivity contribution in [2.45, 2.75) is 0 Å². The average Bonchev–Trinajstić information content (AvgIpc) is 3.54. The van der Waals surface area contributed by atoms with Crippen molar-refractivity contribution in [1.82, 2.24) is 0 Å². The van der Waals surface area contributed by atoms with Crippen LogP contribution >= 0.6 is 11.8 Å². The third-order valence-electron chi connectivity index (χ3n) is 5.19. The lowest BCUT2D eigenvalue weighted by Gasteiger charge is -2.16. The summed E-state index contributed by atoms with van der Waals surface area (Å²) in [5.41, 5.74) is 2.04. The molecule has 0 atom stereocenters. The van der Waals surface area contributed by atoms with Gasteiger partial charge in [0, 0.05) is 12.1 Å². The van der Waals surface area contributed by atoms with Crippen molar-refractivity contribution in [1.29, 1.82) is 0 Å². The van der Waals surface area contributed by atoms with Crippen LogP contribution in [0.5, 0.6) is 28.7 Å². The maximum atomic E-state index is 13.5. The molecule has 0 saturated carbocycles. The van der Waals surface area contributed by atoms with E-state index >= 15 is 0 Å². The van der Waals surface area contributed by atoms with Crippen molar-refractivity contribution in [3.05, 3.63) is 71.1 Å². The van der Waals surface area contributed by atoms with Gasteiger partial charge in [-0.1, -0.05) is 12.1 Å². The molecule has 0 aromatic heterocycles. The first-order valence-corrected chi connectivity index (χ1v) is 10.9. The minimum absolute atomic E-state index is 0.144. The minimum atomic E-state index is -0.216. The van der Waals surface area contributed by atoms with Crippen molar-refractivity contribution >= 4 is 40.3 Å². The van der Waals surface area contributed by atoms with Gasteiger partial charge in [-0.05, 0) is 59.8 Å². The second kappa shape index (κ2) is 7.79. The summed E-state index contributed by atoms with van der Waals surface area (Å²) >= 11 is 1.26. The molecular formula is C24H16N2O6S. The molecule has 0 bridgehead atoms. The lowest BCUT2D eigenvalue weighted by molar-refractivity contribution is -0.113. The summed E-state index contributed by atoms with van der Waals surface area (Å²) in [6.07, 6.45) is 1.77. The molecule has 6 rings (SSSR count). The summed E-state index contributed by atoms with van der Waals surface area (Å²) in [7, 11) is 0. The quantitative estimate of drug-likeness (QED) is 0.569. The standard InChI is InChI=1S/C24H16N2O6S/c27-17-5-1-14(2-6-17)9-22-23(28)26(16-4-8-19-21(11-16)32-13-30-19)24(33-22)25-15-3-7-18-20(10-15)31-12-29-18/h1-11,27H,12-13H2/b22-9-,25-24?. The van der Waals surface area contributed by atoms with Crippen LogP contribution in [0.1, 0.15) is 5.56 Å². The van der Waals surface area contributed by atoms with Gasteiger partial charge in [0.2, 0.25) is 13.6 Å². The monoisotopic (exact) mass is 460 g/mol. The van der Waals surface area contributed by atoms with Crippen LogP contribution in [-0.4, -0.2) is 29.8 Å². The van der Waals surface area contributed by atoms with Gasteiger partial charge in [0.05, 0.1) is 16.3 Å². The number of amides is 1. The Balaban J connectivity index is 1.42. The number of carbonyl (C=O) groups excluding carboxylic acids is 1. The maximum Gasteiger partial charge on any atom is 0.271 e. The molecule has 3 heterocycles. The van der Waals surface area contributed by atoms with Gasteiger partial charge in [0.15, 0.2) is 28.2 Å². The molecule has 1 N–H and O–H groups in total. The number of aliphatic imine (C=N–C) groups is 1. The average molecular weight is 460 g/mol. The predicted molar refractivity (Wildman–Crippen MR) is 123 cm³/mol. The number of hydrogen-bond acceptors (Lipinski definition) is 8. The first kappa shape index (κ1) is 19.6. The van der Waals surface area contributed by atoms with E-state index in [9.17, 15) is 9.90 Å². The van der Waals surface area contributed by atoms with Crippen LogP contribution < -0.4 is 23.8 Å². The summed E-state index contributed by atoms with van der Waals surface area (Å²) in [6.45, 7) is 0.317. The molecule has 3 aliphatic heterocycles. The fraction of sp³-hybridized carbons (Fsp3) is 0.0833. The number of carbonyl (C=O) groups is 1. The maximum absolute atomic E-state index is 13.5. The molecular weight excluding hydrogens is 444 g/mol. The fourth-order valence-corrected chi connectivity index (χ4v) is 4.59. The molecule has 164 valence electrons. The van der Waals surface area contributed by atoms with Gasteiger partial charge < -0.3 is 24.1 Å². The molecule has 1 saturated heterocycles. The number of thioether (sulfide) groups is 1. The van der Waals surface area contributed by atoms with Crippen molar-refractivity contribution < 1.29 is 28.8 Å². The Hall–Kier alpha value is -4.11. The van der Waals surface area contributed by atoms with E-state index in [0.29, 0.717) is 44.4 Å². The van der Waals surface area contributed by atoms with Crippen LogP contribution in [0.4, 0.5) is 11.4 Å². The van der Waals surface area contributed by atoms with Gasteiger partial charge in [-0.15, -0.1) is 0 Å². The minimum Gasteiger partial charge on any atom is -0.508 e. The van der Waals surface area contributed by atoms with Crippen LogP contribution in [0.15, 0.2) is 70.6 Å². The van der Waals surface area contributed by atoms with Crippen LogP contribution in [0.2, 0.25) is 0 Å². The van der Waals surface area contributed by atoms with Gasteiger partial charge in [-0.25, -0.2) is 4.99 Å². The van der Waals surface area contributed by atoms with E-state index in [4.69, 9.17) is 23.9 Å². The Bertz CT molecular complexity index is 1340. The van der Waals surface area contributed by atoms with Gasteiger partial charge in [-0.3, -0.25) is 9.69 Å². The Labute approximate surface area is 192 Å². The van der Waals surface area contributed by atoms with Crippen molar-refractivity contribution in [2.24, 2.45) is 4.99 Å². The highest BCUT2D eigenvalue weighted by atomic mass is 32.2. The number of nitrogens with zero attached hydrogens (tertiary/aromatic N) is 2. The topological polar surface area (TPSA) is 89.8 Å². The second-order valence-electron chi connectivity index (χ2n) is 7.31. The largest absolute Gasteiger partial charge is 0.508 e. The molecule has 3 aromatic carbocycles. The van der Waals surface area contributed by atoms with Crippen molar-refractivity contribution in [3.8, 4) is 28.7 Å². The van der Waals surface area contributed by atoms with E-state index in [0.717, 1.165) is 5.56 Å². The number of anilines is 1. The lowest BCUT2D eigenvalue weighted by atomic mass is 10.2. The molecule has 9 heteroatoms. The zero-order chi connectivity index (χ0) is 22.4. The molecule has 3 aromatic rings. The smallest absolute Gasteiger partial charge is 0.271 e. The van der Waals surface area contributed by atoms with E-state index in [1.54, 1.807) is 65.6 Å². The van der Waals surface area contributed by atoms with E-state index in [2.05, 4.69) is 0 Å². The number of aromatic hydroxyl groups is 1. The van der Waals surface area contributed by atoms with Gasteiger partial charge >= 0.3 is 0 Å². The van der Waals surface area contributed by atoms with E-state index < -0.39 is 0 Å². The highest BCUT2D eigenvalue weighted by molar-refractivity contribution is 8.19. The fourth-order valence-electron chi connectivity index (χ4n) is 3.59. The van der Waals surface area contributed by atoms with Gasteiger partial charge in [0.25, 0.3) is 5.91 Å². The van der Waals surface area contributed by atoms with Crippen LogP contribution in [0, 0.1) is 0 Å². The molecule has 0 radical (unpaired) electrons. The normalized spacial score (nSPS) is 18.5. The number of phenolic OH excluding ortho intramolecular Hbond substituents is 1. The molecule has 0 aliphatic carbocycles. The third-order valence-corrected chi connectivity index (χ3v) is 6.16. The zero-order valence-electron chi connectivity index (χ0n) is 17.1. The second-order valence-corrected chi connectivity index (χ2v) is 8.32. The number of ether oxygens (including phenoxy) is 4. The Kier molecular flexibility index (Phi) is 4.62. The van der Waals surface area contributed by atoms with E-state index in [1.807, 2.05) is 6.07 Å². The van der Waals surface area contributed by atoms with Crippen LogP contribution in [-0.2, 0) is 4.79 Å². The van der Waals surface area contributed by atoms with Crippen LogP contribution in [0.25, 0.3) is 6.08 Å². The number of hydrogen-bond donors (Lipinski definition) is 1. The summed E-state index contributed by atoms with van der Waals surface area (Å²) in [5, 5.41) is 10.0. The highest BCUT2D eigenvalue weighted by Gasteiger charge is 2.35. The van der Waals surface area contributed by atoms with Crippen molar-refractivity contribution in [3.63, 3.8) is 0 Å². The number of amidine groups is 1. The summed E-state index contributed by atoms with van der Waals surface area (Å²) in [5.74, 6) is 2.42. The summed E-state index contributed by atoms with van der Waals surface area (Å²) < 4.78 is 21.7. The first-order chi connectivity index (χ1) is 16.1. The summed E-state index contributed by atoms with van der Waals surface area (Å²) in [4.78, 5) is 20.2. The Morgan fingerprint density at radius 2 is 1.52 bits per heavy atom. The molecule has 0 spiro atoms. The number of rotatable bonds is 3. The third kappa shape index (κ3) is 3.62. The molecule has 3 aliphatic rings. The van der Waals surface area contributed by atoms with E-state index in [1.165, 1.54) is 11.8 Å². The number of fused-ring (bicyclic) bond motifs is 2. The summed E-state index contributed by atoms with van der Waals surface area (Å²) in [6, 6.07) is 17.4.